The van der Waals surface area contributed by atoms with Gasteiger partial charge in [0.1, 0.15) is 0 Å². The molecule has 0 bridgehead atoms. The van der Waals surface area contributed by atoms with E-state index in [0.29, 0.717) is 6.04 Å². The monoisotopic (exact) mass is 535 g/mol. The number of hydrogen-bond donors (Lipinski definition) is 2. The molecule has 6 nitrogen and oxygen atoms in total. The van der Waals surface area contributed by atoms with Crippen LogP contribution in [0.15, 0.2) is 22.5 Å². The molecular weight excluding hydrogens is 497 g/mol. The van der Waals surface area contributed by atoms with Gasteiger partial charge < -0.3 is 20.3 Å². The molecule has 8 heteroatoms. The van der Waals surface area contributed by atoms with Crippen LogP contribution in [0.4, 0.5) is 0 Å². The number of piperidine rings is 1. The lowest BCUT2D eigenvalue weighted by Crippen LogP contribution is -2.48. The third-order valence-corrected chi connectivity index (χ3v) is 6.71. The number of morpholine rings is 1. The Morgan fingerprint density at radius 2 is 2.10 bits per heavy atom. The summed E-state index contributed by atoms with van der Waals surface area (Å²) in [4.78, 5) is 11.3. The van der Waals surface area contributed by atoms with Crippen LogP contribution in [-0.4, -0.2) is 81.3 Å². The van der Waals surface area contributed by atoms with Gasteiger partial charge in [-0.3, -0.25) is 9.89 Å². The summed E-state index contributed by atoms with van der Waals surface area (Å²) in [5.74, 6) is 1.74. The summed E-state index contributed by atoms with van der Waals surface area (Å²) in [6.07, 6.45) is 2.80. The third-order valence-electron chi connectivity index (χ3n) is 5.74. The smallest absolute Gasteiger partial charge is 0.191 e. The van der Waals surface area contributed by atoms with Crippen LogP contribution < -0.4 is 10.6 Å². The zero-order valence-corrected chi connectivity index (χ0v) is 21.2. The molecule has 2 saturated heterocycles. The minimum Gasteiger partial charge on any atom is -0.374 e. The average Bonchev–Trinajstić information content (AvgIpc) is 3.22. The Morgan fingerprint density at radius 3 is 2.76 bits per heavy atom. The number of aliphatic imine (C=N–C) groups is 1. The number of likely N-dealkylation sites (N-methyl/N-ethyl adjacent to an activating group) is 1. The summed E-state index contributed by atoms with van der Waals surface area (Å²) in [5.41, 5.74) is 0. The molecular formula is C21H38IN5OS. The molecule has 0 aliphatic carbocycles. The zero-order valence-electron chi connectivity index (χ0n) is 18.1. The lowest BCUT2D eigenvalue weighted by molar-refractivity contribution is -0.0161. The van der Waals surface area contributed by atoms with Gasteiger partial charge in [-0.15, -0.1) is 35.3 Å². The highest BCUT2D eigenvalue weighted by Gasteiger charge is 2.25. The highest BCUT2D eigenvalue weighted by atomic mass is 127. The van der Waals surface area contributed by atoms with Crippen molar-refractivity contribution in [1.29, 1.82) is 0 Å². The van der Waals surface area contributed by atoms with Gasteiger partial charge in [0.25, 0.3) is 0 Å². The van der Waals surface area contributed by atoms with Crippen LogP contribution in [0.25, 0.3) is 0 Å². The van der Waals surface area contributed by atoms with Crippen molar-refractivity contribution >= 4 is 41.3 Å². The molecule has 2 unspecified atom stereocenters. The van der Waals surface area contributed by atoms with Crippen LogP contribution in [-0.2, 0) is 4.74 Å². The van der Waals surface area contributed by atoms with Crippen molar-refractivity contribution in [1.82, 2.24) is 20.4 Å². The fourth-order valence-electron chi connectivity index (χ4n) is 3.93. The number of nitrogens with one attached hydrogen (secondary N) is 2. The van der Waals surface area contributed by atoms with Crippen molar-refractivity contribution in [2.45, 2.75) is 38.8 Å². The van der Waals surface area contributed by atoms with Gasteiger partial charge in [0.2, 0.25) is 0 Å². The number of likely N-dealkylation sites (tertiary alicyclic amines) is 1. The Labute approximate surface area is 197 Å². The van der Waals surface area contributed by atoms with E-state index in [-0.39, 0.29) is 30.1 Å². The molecule has 0 amide bonds. The predicted octanol–water partition coefficient (Wildman–Crippen LogP) is 3.02. The van der Waals surface area contributed by atoms with E-state index in [9.17, 15) is 0 Å². The molecule has 0 aromatic carbocycles. The molecule has 3 heterocycles. The minimum atomic E-state index is 0. The van der Waals surface area contributed by atoms with Gasteiger partial charge in [-0.2, -0.15) is 0 Å². The van der Waals surface area contributed by atoms with Crippen LogP contribution in [0, 0.1) is 5.92 Å². The first kappa shape index (κ1) is 24.8. The maximum atomic E-state index is 5.87. The van der Waals surface area contributed by atoms with E-state index in [1.54, 1.807) is 0 Å². The lowest BCUT2D eigenvalue weighted by atomic mass is 9.97. The second kappa shape index (κ2) is 13.1. The SMILES string of the molecule is CCNC(=NCC(c1cccs1)N1CCC(C)CC1)NCC1CN(C)CCO1.I. The topological polar surface area (TPSA) is 52.1 Å². The molecule has 1 aromatic heterocycles. The fraction of sp³-hybridized carbons (Fsp3) is 0.762. The van der Waals surface area contributed by atoms with Gasteiger partial charge in [0, 0.05) is 31.1 Å². The Morgan fingerprint density at radius 1 is 1.31 bits per heavy atom. The second-order valence-electron chi connectivity index (χ2n) is 8.11. The molecule has 0 spiro atoms. The van der Waals surface area contributed by atoms with E-state index in [4.69, 9.17) is 9.73 Å². The fourth-order valence-corrected chi connectivity index (χ4v) is 4.78. The molecule has 2 aliphatic rings. The van der Waals surface area contributed by atoms with Gasteiger partial charge >= 0.3 is 0 Å². The summed E-state index contributed by atoms with van der Waals surface area (Å²) < 4.78 is 5.87. The van der Waals surface area contributed by atoms with E-state index in [0.717, 1.165) is 51.2 Å². The van der Waals surface area contributed by atoms with Crippen LogP contribution in [0.5, 0.6) is 0 Å². The van der Waals surface area contributed by atoms with Crippen LogP contribution in [0.2, 0.25) is 0 Å². The van der Waals surface area contributed by atoms with E-state index < -0.39 is 0 Å². The minimum absolute atomic E-state index is 0. The standard InChI is InChI=1S/C21H37N5OS.HI/c1-4-22-21(23-14-18-16-25(3)11-12-27-18)24-15-19(20-6-5-13-28-20)26-9-7-17(2)8-10-26;/h5-6,13,17-19H,4,7-12,14-16H2,1-3H3,(H2,22,23,24);1H. The van der Waals surface area contributed by atoms with Crippen LogP contribution >= 0.6 is 35.3 Å². The van der Waals surface area contributed by atoms with Crippen molar-refractivity contribution in [3.8, 4) is 0 Å². The Balaban J connectivity index is 0.00000300. The number of nitrogens with zero attached hydrogens (tertiary/aromatic N) is 3. The van der Waals surface area contributed by atoms with Crippen LogP contribution in [0.3, 0.4) is 0 Å². The zero-order chi connectivity index (χ0) is 19.8. The Hall–Kier alpha value is -0.420. The van der Waals surface area contributed by atoms with Gasteiger partial charge in [-0.05, 0) is 57.3 Å². The largest absolute Gasteiger partial charge is 0.374 e. The number of guanidine groups is 1. The number of halogens is 1. The first-order valence-electron chi connectivity index (χ1n) is 10.8. The van der Waals surface area contributed by atoms with Gasteiger partial charge in [-0.25, -0.2) is 0 Å². The molecule has 2 atom stereocenters. The molecule has 2 fully saturated rings. The summed E-state index contributed by atoms with van der Waals surface area (Å²) in [6, 6.07) is 4.79. The first-order chi connectivity index (χ1) is 13.7. The van der Waals surface area contributed by atoms with Gasteiger partial charge in [0.05, 0.1) is 25.3 Å². The highest BCUT2D eigenvalue weighted by Crippen LogP contribution is 2.29. The van der Waals surface area contributed by atoms with E-state index in [2.05, 4.69) is 58.8 Å². The summed E-state index contributed by atoms with van der Waals surface area (Å²) in [7, 11) is 2.15. The van der Waals surface area contributed by atoms with E-state index in [1.807, 2.05) is 11.3 Å². The maximum absolute atomic E-state index is 5.87. The normalized spacial score (nSPS) is 23.4. The number of rotatable bonds is 7. The Bertz CT molecular complexity index is 592. The molecule has 2 N–H and O–H groups in total. The maximum Gasteiger partial charge on any atom is 0.191 e. The molecule has 1 aromatic rings. The quantitative estimate of drug-likeness (QED) is 0.320. The summed E-state index contributed by atoms with van der Waals surface area (Å²) in [5, 5.41) is 9.07. The van der Waals surface area contributed by atoms with Crippen molar-refractivity contribution < 1.29 is 4.74 Å². The molecule has 0 saturated carbocycles. The summed E-state index contributed by atoms with van der Waals surface area (Å²) >= 11 is 1.85. The molecule has 166 valence electrons. The molecule has 3 rings (SSSR count). The average molecular weight is 536 g/mol. The van der Waals surface area contributed by atoms with E-state index in [1.165, 1.54) is 30.8 Å². The van der Waals surface area contributed by atoms with Gasteiger partial charge in [-0.1, -0.05) is 13.0 Å². The van der Waals surface area contributed by atoms with Crippen molar-refractivity contribution in [3.63, 3.8) is 0 Å². The van der Waals surface area contributed by atoms with Crippen molar-refractivity contribution in [2.75, 3.05) is 59.5 Å². The first-order valence-corrected chi connectivity index (χ1v) is 11.6. The van der Waals surface area contributed by atoms with Gasteiger partial charge in [0.15, 0.2) is 5.96 Å². The molecule has 2 aliphatic heterocycles. The second-order valence-corrected chi connectivity index (χ2v) is 9.08. The number of ether oxygens (including phenoxy) is 1. The Kier molecular flexibility index (Phi) is 11.2. The highest BCUT2D eigenvalue weighted by molar-refractivity contribution is 14.0. The van der Waals surface area contributed by atoms with Crippen LogP contribution in [0.1, 0.15) is 37.6 Å². The van der Waals surface area contributed by atoms with E-state index >= 15 is 0 Å². The number of hydrogen-bond acceptors (Lipinski definition) is 5. The van der Waals surface area contributed by atoms with Crippen molar-refractivity contribution in [2.24, 2.45) is 10.9 Å². The third kappa shape index (κ3) is 7.97. The summed E-state index contributed by atoms with van der Waals surface area (Å²) in [6.45, 7) is 12.1. The molecule has 0 radical (unpaired) electrons. The lowest BCUT2D eigenvalue weighted by Gasteiger charge is -2.35. The predicted molar refractivity (Wildman–Crippen MR) is 134 cm³/mol. The van der Waals surface area contributed by atoms with Crippen molar-refractivity contribution in [3.05, 3.63) is 22.4 Å². The number of thiophene rings is 1. The molecule has 29 heavy (non-hydrogen) atoms.